The van der Waals surface area contributed by atoms with Gasteiger partial charge in [0, 0.05) is 17.5 Å². The first-order chi connectivity index (χ1) is 9.37. The standard InChI is InChI=1S/C16H21NO3/c1-5-17(16(3,4)15(18)19)10-13-11(2)20-14-9-7-6-8-12(13)14/h6-9H,5,10H2,1-4H3,(H,18,19). The number of carboxylic acid groups (broad SMARTS) is 1. The van der Waals surface area contributed by atoms with Crippen molar-refractivity contribution < 1.29 is 14.3 Å². The van der Waals surface area contributed by atoms with Gasteiger partial charge in [-0.2, -0.15) is 0 Å². The summed E-state index contributed by atoms with van der Waals surface area (Å²) in [6, 6.07) is 7.86. The van der Waals surface area contributed by atoms with Crippen LogP contribution in [0.1, 0.15) is 32.1 Å². The second-order valence-corrected chi connectivity index (χ2v) is 5.51. The lowest BCUT2D eigenvalue weighted by Gasteiger charge is -2.34. The normalized spacial score (nSPS) is 12.2. The fourth-order valence-electron chi connectivity index (χ4n) is 2.45. The maximum Gasteiger partial charge on any atom is 0.323 e. The predicted molar refractivity (Wildman–Crippen MR) is 78.7 cm³/mol. The first-order valence-electron chi connectivity index (χ1n) is 6.83. The SMILES string of the molecule is CCN(Cc1c(C)oc2ccccc12)C(C)(C)C(=O)O. The Balaban J connectivity index is 2.40. The molecule has 4 nitrogen and oxygen atoms in total. The zero-order valence-electron chi connectivity index (χ0n) is 12.4. The fraction of sp³-hybridized carbons (Fsp3) is 0.438. The van der Waals surface area contributed by atoms with Crippen LogP contribution in [0.15, 0.2) is 28.7 Å². The third-order valence-electron chi connectivity index (χ3n) is 3.94. The number of hydrogen-bond acceptors (Lipinski definition) is 3. The van der Waals surface area contributed by atoms with Crippen molar-refractivity contribution in [1.82, 2.24) is 4.90 Å². The van der Waals surface area contributed by atoms with Crippen molar-refractivity contribution in [1.29, 1.82) is 0 Å². The molecule has 0 aliphatic rings. The first kappa shape index (κ1) is 14.6. The van der Waals surface area contributed by atoms with Crippen molar-refractivity contribution in [2.45, 2.75) is 39.8 Å². The van der Waals surface area contributed by atoms with E-state index < -0.39 is 11.5 Å². The number of furan rings is 1. The molecule has 0 spiro atoms. The van der Waals surface area contributed by atoms with Crippen molar-refractivity contribution in [3.05, 3.63) is 35.6 Å². The highest BCUT2D eigenvalue weighted by molar-refractivity contribution is 5.82. The van der Waals surface area contributed by atoms with E-state index in [-0.39, 0.29) is 0 Å². The zero-order chi connectivity index (χ0) is 14.9. The molecule has 20 heavy (non-hydrogen) atoms. The second kappa shape index (κ2) is 5.29. The predicted octanol–water partition coefficient (Wildman–Crippen LogP) is 3.43. The molecule has 0 atom stereocenters. The van der Waals surface area contributed by atoms with Gasteiger partial charge in [-0.05, 0) is 33.4 Å². The Morgan fingerprint density at radius 1 is 1.35 bits per heavy atom. The van der Waals surface area contributed by atoms with Crippen molar-refractivity contribution >= 4 is 16.9 Å². The van der Waals surface area contributed by atoms with Crippen LogP contribution in [0.4, 0.5) is 0 Å². The third-order valence-corrected chi connectivity index (χ3v) is 3.94. The summed E-state index contributed by atoms with van der Waals surface area (Å²) in [6.07, 6.45) is 0. The van der Waals surface area contributed by atoms with Crippen LogP contribution in [0.5, 0.6) is 0 Å². The van der Waals surface area contributed by atoms with Crippen LogP contribution < -0.4 is 0 Å². The van der Waals surface area contributed by atoms with Gasteiger partial charge in [0.05, 0.1) is 0 Å². The van der Waals surface area contributed by atoms with Crippen molar-refractivity contribution in [2.75, 3.05) is 6.54 Å². The number of carboxylic acids is 1. The van der Waals surface area contributed by atoms with Gasteiger partial charge in [0.15, 0.2) is 0 Å². The Morgan fingerprint density at radius 2 is 2.00 bits per heavy atom. The van der Waals surface area contributed by atoms with Gasteiger partial charge in [-0.1, -0.05) is 25.1 Å². The molecule has 1 N–H and O–H groups in total. The van der Waals surface area contributed by atoms with E-state index in [1.807, 2.05) is 43.0 Å². The lowest BCUT2D eigenvalue weighted by molar-refractivity contribution is -0.149. The number of fused-ring (bicyclic) bond motifs is 1. The molecular formula is C16H21NO3. The summed E-state index contributed by atoms with van der Waals surface area (Å²) in [5.41, 5.74) is 1.01. The molecule has 0 bridgehead atoms. The van der Waals surface area contributed by atoms with Gasteiger partial charge in [0.25, 0.3) is 0 Å². The third kappa shape index (κ3) is 2.43. The molecule has 0 amide bonds. The number of benzene rings is 1. The Hall–Kier alpha value is -1.81. The summed E-state index contributed by atoms with van der Waals surface area (Å²) in [7, 11) is 0. The van der Waals surface area contributed by atoms with Gasteiger partial charge >= 0.3 is 5.97 Å². The van der Waals surface area contributed by atoms with Crippen LogP contribution >= 0.6 is 0 Å². The Kier molecular flexibility index (Phi) is 3.86. The van der Waals surface area contributed by atoms with E-state index in [2.05, 4.69) is 0 Å². The van der Waals surface area contributed by atoms with Gasteiger partial charge in [-0.3, -0.25) is 9.69 Å². The van der Waals surface area contributed by atoms with E-state index in [4.69, 9.17) is 4.42 Å². The maximum absolute atomic E-state index is 11.4. The number of nitrogens with zero attached hydrogens (tertiary/aromatic N) is 1. The molecule has 0 radical (unpaired) electrons. The quantitative estimate of drug-likeness (QED) is 0.908. The van der Waals surface area contributed by atoms with E-state index in [0.717, 1.165) is 22.3 Å². The first-order valence-corrected chi connectivity index (χ1v) is 6.83. The van der Waals surface area contributed by atoms with Gasteiger partial charge in [0.1, 0.15) is 16.9 Å². The molecule has 1 aromatic heterocycles. The highest BCUT2D eigenvalue weighted by atomic mass is 16.4. The number of aliphatic carboxylic acids is 1. The van der Waals surface area contributed by atoms with E-state index in [1.165, 1.54) is 0 Å². The number of likely N-dealkylation sites (N-methyl/N-ethyl adjacent to an activating group) is 1. The summed E-state index contributed by atoms with van der Waals surface area (Å²) in [5, 5.41) is 10.4. The highest BCUT2D eigenvalue weighted by Gasteiger charge is 2.34. The summed E-state index contributed by atoms with van der Waals surface area (Å²) in [4.78, 5) is 13.4. The number of rotatable bonds is 5. The fourth-order valence-corrected chi connectivity index (χ4v) is 2.45. The van der Waals surface area contributed by atoms with Crippen molar-refractivity contribution in [3.8, 4) is 0 Å². The summed E-state index contributed by atoms with van der Waals surface area (Å²) < 4.78 is 5.74. The number of para-hydroxylation sites is 1. The number of hydrogen-bond donors (Lipinski definition) is 1. The van der Waals surface area contributed by atoms with Crippen LogP contribution in [0, 0.1) is 6.92 Å². The van der Waals surface area contributed by atoms with E-state index in [1.54, 1.807) is 13.8 Å². The second-order valence-electron chi connectivity index (χ2n) is 5.51. The lowest BCUT2D eigenvalue weighted by atomic mass is 10.0. The number of carbonyl (C=O) groups is 1. The minimum absolute atomic E-state index is 0.568. The molecular weight excluding hydrogens is 254 g/mol. The molecule has 0 fully saturated rings. The largest absolute Gasteiger partial charge is 0.480 e. The smallest absolute Gasteiger partial charge is 0.323 e. The van der Waals surface area contributed by atoms with Crippen LogP contribution in [0.25, 0.3) is 11.0 Å². The van der Waals surface area contributed by atoms with Crippen LogP contribution in [0.2, 0.25) is 0 Å². The number of aryl methyl sites for hydroxylation is 1. The molecule has 0 aliphatic heterocycles. The van der Waals surface area contributed by atoms with Gasteiger partial charge in [-0.15, -0.1) is 0 Å². The van der Waals surface area contributed by atoms with Crippen molar-refractivity contribution in [3.63, 3.8) is 0 Å². The maximum atomic E-state index is 11.4. The topological polar surface area (TPSA) is 53.7 Å². The zero-order valence-corrected chi connectivity index (χ0v) is 12.4. The minimum atomic E-state index is -0.903. The lowest BCUT2D eigenvalue weighted by Crippen LogP contribution is -2.49. The summed E-state index contributed by atoms with van der Waals surface area (Å²) >= 11 is 0. The van der Waals surface area contributed by atoms with Gasteiger partial charge < -0.3 is 9.52 Å². The van der Waals surface area contributed by atoms with E-state index in [9.17, 15) is 9.90 Å². The molecule has 2 aromatic rings. The Morgan fingerprint density at radius 3 is 2.60 bits per heavy atom. The molecule has 0 saturated heterocycles. The molecule has 0 saturated carbocycles. The van der Waals surface area contributed by atoms with Crippen LogP contribution in [0.3, 0.4) is 0 Å². The Labute approximate surface area is 119 Å². The molecule has 0 aliphatic carbocycles. The van der Waals surface area contributed by atoms with Crippen LogP contribution in [-0.2, 0) is 11.3 Å². The van der Waals surface area contributed by atoms with Gasteiger partial charge in [0.2, 0.25) is 0 Å². The van der Waals surface area contributed by atoms with Crippen LogP contribution in [-0.4, -0.2) is 28.1 Å². The minimum Gasteiger partial charge on any atom is -0.480 e. The molecule has 2 rings (SSSR count). The van der Waals surface area contributed by atoms with E-state index >= 15 is 0 Å². The molecule has 1 heterocycles. The Bertz CT molecular complexity index is 628. The average Bonchev–Trinajstić information content (AvgIpc) is 2.71. The molecule has 108 valence electrons. The highest BCUT2D eigenvalue weighted by Crippen LogP contribution is 2.28. The van der Waals surface area contributed by atoms with Crippen molar-refractivity contribution in [2.24, 2.45) is 0 Å². The van der Waals surface area contributed by atoms with Gasteiger partial charge in [-0.25, -0.2) is 0 Å². The molecule has 4 heteroatoms. The summed E-state index contributed by atoms with van der Waals surface area (Å²) in [5.74, 6) is 0.0376. The monoisotopic (exact) mass is 275 g/mol. The summed E-state index contributed by atoms with van der Waals surface area (Å²) in [6.45, 7) is 8.60. The molecule has 1 aromatic carbocycles. The average molecular weight is 275 g/mol. The molecule has 0 unspecified atom stereocenters. The van der Waals surface area contributed by atoms with E-state index in [0.29, 0.717) is 13.1 Å².